The first-order valence-electron chi connectivity index (χ1n) is 12.1. The summed E-state index contributed by atoms with van der Waals surface area (Å²) >= 11 is 0. The Labute approximate surface area is 198 Å². The number of hydrogen-bond acceptors (Lipinski definition) is 7. The molecule has 0 radical (unpaired) electrons. The zero-order chi connectivity index (χ0) is 23.2. The zero-order valence-corrected chi connectivity index (χ0v) is 19.8. The van der Waals surface area contributed by atoms with E-state index in [1.807, 2.05) is 24.3 Å². The molecule has 10 nitrogen and oxygen atoms in total. The summed E-state index contributed by atoms with van der Waals surface area (Å²) < 4.78 is 9.61. The number of anilines is 2. The van der Waals surface area contributed by atoms with Crippen molar-refractivity contribution in [2.75, 3.05) is 31.2 Å². The molecule has 3 aliphatic rings. The quantitative estimate of drug-likeness (QED) is 0.590. The van der Waals surface area contributed by atoms with Crippen molar-refractivity contribution in [3.8, 4) is 11.4 Å². The molecular weight excluding hydrogens is 432 g/mol. The highest BCUT2D eigenvalue weighted by atomic mass is 16.5. The number of nitrogens with zero attached hydrogens (tertiary/aromatic N) is 8. The van der Waals surface area contributed by atoms with E-state index in [-0.39, 0.29) is 5.91 Å². The van der Waals surface area contributed by atoms with Crippen LogP contribution in [0.4, 0.5) is 11.5 Å². The van der Waals surface area contributed by atoms with Gasteiger partial charge in [-0.3, -0.25) is 14.2 Å². The molecule has 34 heavy (non-hydrogen) atoms. The normalized spacial score (nSPS) is 18.6. The lowest BCUT2D eigenvalue weighted by atomic mass is 10.0. The van der Waals surface area contributed by atoms with E-state index in [9.17, 15) is 4.79 Å². The first-order valence-corrected chi connectivity index (χ1v) is 12.1. The zero-order valence-electron chi connectivity index (χ0n) is 19.8. The minimum absolute atomic E-state index is 0.110. The molecule has 0 aliphatic carbocycles. The monoisotopic (exact) mass is 462 g/mol. The van der Waals surface area contributed by atoms with Gasteiger partial charge in [0.25, 0.3) is 0 Å². The largest absolute Gasteiger partial charge is 0.381 e. The van der Waals surface area contributed by atoms with Crippen molar-refractivity contribution < 1.29 is 9.53 Å². The number of hydrogen-bond donors (Lipinski definition) is 0. The van der Waals surface area contributed by atoms with Crippen LogP contribution in [-0.4, -0.2) is 66.6 Å². The van der Waals surface area contributed by atoms with Gasteiger partial charge in [0, 0.05) is 64.1 Å². The van der Waals surface area contributed by atoms with E-state index in [0.717, 1.165) is 86.7 Å². The number of rotatable bonds is 3. The fraction of sp³-hybridized carbons (Fsp3) is 0.542. The predicted molar refractivity (Wildman–Crippen MR) is 126 cm³/mol. The summed E-state index contributed by atoms with van der Waals surface area (Å²) in [6.45, 7) is 5.39. The number of aryl methyl sites for hydroxylation is 2. The van der Waals surface area contributed by atoms with E-state index >= 15 is 0 Å². The van der Waals surface area contributed by atoms with Gasteiger partial charge in [-0.1, -0.05) is 0 Å². The topological polar surface area (TPSA) is 94.2 Å². The Hall–Kier alpha value is -3.27. The van der Waals surface area contributed by atoms with E-state index in [1.165, 1.54) is 5.69 Å². The van der Waals surface area contributed by atoms with Crippen LogP contribution in [0, 0.1) is 0 Å². The van der Waals surface area contributed by atoms with E-state index in [1.54, 1.807) is 17.8 Å². The lowest BCUT2D eigenvalue weighted by Crippen LogP contribution is -2.36. The number of amides is 1. The summed E-state index contributed by atoms with van der Waals surface area (Å²) in [6, 6.07) is 0.341. The van der Waals surface area contributed by atoms with Gasteiger partial charge in [-0.25, -0.2) is 9.97 Å². The highest BCUT2D eigenvalue weighted by Crippen LogP contribution is 2.39. The predicted octanol–water partition coefficient (Wildman–Crippen LogP) is 2.41. The molecule has 1 fully saturated rings. The van der Waals surface area contributed by atoms with Crippen LogP contribution < -0.4 is 4.90 Å². The van der Waals surface area contributed by atoms with Crippen LogP contribution in [0.5, 0.6) is 0 Å². The average Bonchev–Trinajstić information content (AvgIpc) is 3.47. The van der Waals surface area contributed by atoms with Crippen LogP contribution >= 0.6 is 0 Å². The number of carbonyl (C=O) groups excluding carboxylic acids is 1. The van der Waals surface area contributed by atoms with Crippen molar-refractivity contribution in [2.45, 2.75) is 51.6 Å². The maximum absolute atomic E-state index is 12.2. The van der Waals surface area contributed by atoms with E-state index in [4.69, 9.17) is 14.8 Å². The highest BCUT2D eigenvalue weighted by molar-refractivity contribution is 5.75. The molecule has 1 amide bonds. The summed E-state index contributed by atoms with van der Waals surface area (Å²) in [4.78, 5) is 26.0. The fourth-order valence-corrected chi connectivity index (χ4v) is 5.39. The van der Waals surface area contributed by atoms with Crippen LogP contribution in [0.2, 0.25) is 0 Å². The second kappa shape index (κ2) is 8.50. The molecule has 3 aromatic heterocycles. The van der Waals surface area contributed by atoms with Gasteiger partial charge in [-0.05, 0) is 25.7 Å². The summed E-state index contributed by atoms with van der Waals surface area (Å²) in [5.74, 6) is 1.76. The Morgan fingerprint density at radius 2 is 2.00 bits per heavy atom. The van der Waals surface area contributed by atoms with Crippen LogP contribution in [0.15, 0.2) is 18.6 Å². The van der Waals surface area contributed by atoms with Crippen molar-refractivity contribution in [3.05, 3.63) is 35.5 Å². The van der Waals surface area contributed by atoms with Crippen molar-refractivity contribution in [1.29, 1.82) is 0 Å². The molecule has 1 saturated heterocycles. The lowest BCUT2D eigenvalue weighted by molar-refractivity contribution is -0.129. The van der Waals surface area contributed by atoms with Crippen LogP contribution in [0.25, 0.3) is 11.4 Å². The third kappa shape index (κ3) is 3.66. The van der Waals surface area contributed by atoms with Crippen molar-refractivity contribution >= 4 is 17.4 Å². The second-order valence-corrected chi connectivity index (χ2v) is 9.41. The van der Waals surface area contributed by atoms with Gasteiger partial charge in [-0.2, -0.15) is 10.2 Å². The molecule has 0 saturated carbocycles. The molecule has 3 aromatic rings. The molecule has 0 aromatic carbocycles. The Morgan fingerprint density at radius 1 is 1.15 bits per heavy atom. The molecule has 0 atom stereocenters. The third-order valence-corrected chi connectivity index (χ3v) is 7.20. The number of aromatic nitrogens is 6. The summed E-state index contributed by atoms with van der Waals surface area (Å²) in [7, 11) is 1.89. The molecule has 6 rings (SSSR count). The van der Waals surface area contributed by atoms with Gasteiger partial charge >= 0.3 is 0 Å². The molecule has 178 valence electrons. The molecule has 10 heteroatoms. The van der Waals surface area contributed by atoms with E-state index in [0.29, 0.717) is 18.4 Å². The van der Waals surface area contributed by atoms with Gasteiger partial charge in [0.05, 0.1) is 41.9 Å². The van der Waals surface area contributed by atoms with E-state index in [2.05, 4.69) is 19.7 Å². The molecule has 3 aliphatic heterocycles. The third-order valence-electron chi connectivity index (χ3n) is 7.20. The summed E-state index contributed by atoms with van der Waals surface area (Å²) in [5, 5.41) is 9.45. The molecule has 0 N–H and O–H groups in total. The highest BCUT2D eigenvalue weighted by Gasteiger charge is 2.33. The minimum atomic E-state index is 0.110. The van der Waals surface area contributed by atoms with Gasteiger partial charge in [0.2, 0.25) is 5.91 Å². The lowest BCUT2D eigenvalue weighted by Gasteiger charge is -2.32. The molecule has 0 bridgehead atoms. The number of ether oxygens (including phenoxy) is 1. The number of fused-ring (bicyclic) bond motifs is 2. The first-order chi connectivity index (χ1) is 16.6. The fourth-order valence-electron chi connectivity index (χ4n) is 5.39. The molecule has 0 unspecified atom stereocenters. The van der Waals surface area contributed by atoms with Crippen LogP contribution in [0.3, 0.4) is 0 Å². The average molecular weight is 463 g/mol. The Kier molecular flexibility index (Phi) is 5.32. The van der Waals surface area contributed by atoms with Gasteiger partial charge in [0.1, 0.15) is 0 Å². The van der Waals surface area contributed by atoms with Gasteiger partial charge < -0.3 is 14.5 Å². The standard InChI is InChI=1S/C24H30N8O2/c1-16(33)30-9-5-21-19(15-30)24(28-32(21)18-6-10-34-11-7-18)31-8-3-4-20-22(31)13-25-23(27-20)17-12-26-29(2)14-17/h12-14,18H,3-11,15H2,1-2H3. The van der Waals surface area contributed by atoms with E-state index < -0.39 is 0 Å². The molecule has 0 spiro atoms. The maximum atomic E-state index is 12.2. The summed E-state index contributed by atoms with van der Waals surface area (Å²) in [5.41, 5.74) is 5.39. The first kappa shape index (κ1) is 21.3. The Bertz CT molecular complexity index is 1230. The SMILES string of the molecule is CC(=O)N1CCc2c(c(N3CCCc4nc(-c5cnn(C)c5)ncc43)nn2C2CCOCC2)C1. The molecule has 6 heterocycles. The van der Waals surface area contributed by atoms with Crippen LogP contribution in [0.1, 0.15) is 49.2 Å². The van der Waals surface area contributed by atoms with Crippen molar-refractivity contribution in [1.82, 2.24) is 34.4 Å². The van der Waals surface area contributed by atoms with Crippen LogP contribution in [-0.2, 0) is 36.0 Å². The Balaban J connectivity index is 1.41. The summed E-state index contributed by atoms with van der Waals surface area (Å²) in [6.07, 6.45) is 10.3. The smallest absolute Gasteiger partial charge is 0.219 e. The number of carbonyl (C=O) groups is 1. The minimum Gasteiger partial charge on any atom is -0.381 e. The second-order valence-electron chi connectivity index (χ2n) is 9.41. The maximum Gasteiger partial charge on any atom is 0.219 e. The Morgan fingerprint density at radius 3 is 2.76 bits per heavy atom. The van der Waals surface area contributed by atoms with Gasteiger partial charge in [0.15, 0.2) is 11.6 Å². The van der Waals surface area contributed by atoms with Crippen molar-refractivity contribution in [3.63, 3.8) is 0 Å². The van der Waals surface area contributed by atoms with Crippen molar-refractivity contribution in [2.24, 2.45) is 7.05 Å². The molecular formula is C24H30N8O2. The van der Waals surface area contributed by atoms with Gasteiger partial charge in [-0.15, -0.1) is 0 Å².